The third-order valence-corrected chi connectivity index (χ3v) is 4.92. The van der Waals surface area contributed by atoms with E-state index in [-0.39, 0.29) is 0 Å². The Morgan fingerprint density at radius 2 is 1.96 bits per heavy atom. The fourth-order valence-electron chi connectivity index (χ4n) is 3.85. The van der Waals surface area contributed by atoms with Crippen LogP contribution >= 0.6 is 0 Å². The van der Waals surface area contributed by atoms with Crippen LogP contribution < -0.4 is 0 Å². The summed E-state index contributed by atoms with van der Waals surface area (Å²) in [6.07, 6.45) is 2.99. The molecule has 0 saturated carbocycles. The first-order chi connectivity index (χ1) is 11.3. The van der Waals surface area contributed by atoms with Crippen molar-refractivity contribution in [3.63, 3.8) is 0 Å². The number of fused-ring (bicyclic) bond motifs is 3. The van der Waals surface area contributed by atoms with Crippen LogP contribution in [0.15, 0.2) is 52.9 Å². The van der Waals surface area contributed by atoms with Crippen molar-refractivity contribution in [2.75, 3.05) is 0 Å². The number of rotatable bonds is 1. The lowest BCUT2D eigenvalue weighted by atomic mass is 10.0. The van der Waals surface area contributed by atoms with Crippen LogP contribution in [0.2, 0.25) is 0 Å². The average molecular weight is 299 g/mol. The number of para-hydroxylation sites is 1. The highest BCUT2D eigenvalue weighted by Crippen LogP contribution is 2.40. The van der Waals surface area contributed by atoms with Gasteiger partial charge in [0.2, 0.25) is 0 Å². The molecular weight excluding hydrogens is 282 g/mol. The highest BCUT2D eigenvalue weighted by atomic mass is 16.3. The summed E-state index contributed by atoms with van der Waals surface area (Å²) in [5, 5.41) is 2.49. The molecule has 0 atom stereocenters. The lowest BCUT2D eigenvalue weighted by Crippen LogP contribution is -1.95. The van der Waals surface area contributed by atoms with E-state index in [1.165, 1.54) is 27.5 Å². The summed E-state index contributed by atoms with van der Waals surface area (Å²) in [4.78, 5) is 4.99. The lowest BCUT2D eigenvalue weighted by molar-refractivity contribution is 0.549. The van der Waals surface area contributed by atoms with Gasteiger partial charge in [0.1, 0.15) is 11.3 Å². The standard InChI is InChI=1S/C21H17NO/c1-2-18-15-11-10-14-12-13-6-3-4-8-17(13)22-21(14)16-7-5-9-19(23-18)20(15)16/h3-9,12H,2,10-11H2,1H3. The maximum atomic E-state index is 6.09. The first-order valence-electron chi connectivity index (χ1n) is 8.27. The number of benzene rings is 2. The maximum absolute atomic E-state index is 6.09. The number of hydrogen-bond acceptors (Lipinski definition) is 2. The van der Waals surface area contributed by atoms with Gasteiger partial charge >= 0.3 is 0 Å². The molecule has 23 heavy (non-hydrogen) atoms. The SMILES string of the molecule is CCc1oc2cccc3c2c1CCc1cc2ccccc2nc1-3. The smallest absolute Gasteiger partial charge is 0.135 e. The quantitative estimate of drug-likeness (QED) is 0.476. The Bertz CT molecular complexity index is 1060. The van der Waals surface area contributed by atoms with E-state index in [2.05, 4.69) is 55.5 Å². The number of furan rings is 1. The van der Waals surface area contributed by atoms with Crippen molar-refractivity contribution in [3.8, 4) is 11.3 Å². The Balaban J connectivity index is 1.90. The molecular formula is C21H17NO. The zero-order valence-electron chi connectivity index (χ0n) is 13.1. The second-order valence-electron chi connectivity index (χ2n) is 6.22. The fourth-order valence-corrected chi connectivity index (χ4v) is 3.85. The van der Waals surface area contributed by atoms with Gasteiger partial charge in [-0.15, -0.1) is 0 Å². The van der Waals surface area contributed by atoms with Gasteiger partial charge in [0.05, 0.1) is 11.2 Å². The zero-order chi connectivity index (χ0) is 15.4. The Hall–Kier alpha value is -2.61. The van der Waals surface area contributed by atoms with Crippen molar-refractivity contribution >= 4 is 21.9 Å². The molecule has 2 nitrogen and oxygen atoms in total. The summed E-state index contributed by atoms with van der Waals surface area (Å²) in [6.45, 7) is 2.17. The molecule has 1 aliphatic carbocycles. The van der Waals surface area contributed by atoms with Crippen molar-refractivity contribution in [1.29, 1.82) is 0 Å². The van der Waals surface area contributed by atoms with E-state index in [4.69, 9.17) is 9.40 Å². The zero-order valence-corrected chi connectivity index (χ0v) is 13.1. The molecule has 0 radical (unpaired) electrons. The topological polar surface area (TPSA) is 26.0 Å². The number of aromatic nitrogens is 1. The summed E-state index contributed by atoms with van der Waals surface area (Å²) < 4.78 is 6.09. The van der Waals surface area contributed by atoms with E-state index in [0.717, 1.165) is 41.8 Å². The van der Waals surface area contributed by atoms with Crippen LogP contribution in [0.25, 0.3) is 33.1 Å². The summed E-state index contributed by atoms with van der Waals surface area (Å²) >= 11 is 0. The van der Waals surface area contributed by atoms with Crippen LogP contribution in [-0.4, -0.2) is 4.98 Å². The van der Waals surface area contributed by atoms with E-state index in [1.807, 2.05) is 0 Å². The second-order valence-corrected chi connectivity index (χ2v) is 6.22. The normalized spacial score (nSPS) is 13.3. The molecule has 0 N–H and O–H groups in total. The molecule has 112 valence electrons. The molecule has 2 heterocycles. The van der Waals surface area contributed by atoms with Crippen LogP contribution in [0.4, 0.5) is 0 Å². The van der Waals surface area contributed by atoms with Crippen LogP contribution in [0.5, 0.6) is 0 Å². The summed E-state index contributed by atoms with van der Waals surface area (Å²) in [7, 11) is 0. The van der Waals surface area contributed by atoms with Gasteiger partial charge in [-0.2, -0.15) is 0 Å². The van der Waals surface area contributed by atoms with Gasteiger partial charge in [0.25, 0.3) is 0 Å². The van der Waals surface area contributed by atoms with Gasteiger partial charge in [-0.3, -0.25) is 0 Å². The van der Waals surface area contributed by atoms with Crippen LogP contribution in [-0.2, 0) is 19.3 Å². The van der Waals surface area contributed by atoms with Crippen molar-refractivity contribution in [2.24, 2.45) is 0 Å². The van der Waals surface area contributed by atoms with Crippen LogP contribution in [0.3, 0.4) is 0 Å². The number of nitrogens with zero attached hydrogens (tertiary/aromatic N) is 1. The predicted octanol–water partition coefficient (Wildman–Crippen LogP) is 5.31. The Morgan fingerprint density at radius 1 is 1.04 bits per heavy atom. The maximum Gasteiger partial charge on any atom is 0.135 e. The number of hydrogen-bond donors (Lipinski definition) is 0. The molecule has 0 aliphatic heterocycles. The number of pyridine rings is 1. The third kappa shape index (κ3) is 1.78. The van der Waals surface area contributed by atoms with Crippen molar-refractivity contribution < 1.29 is 4.42 Å². The molecule has 0 unspecified atom stereocenters. The van der Waals surface area contributed by atoms with Crippen molar-refractivity contribution in [2.45, 2.75) is 26.2 Å². The highest BCUT2D eigenvalue weighted by molar-refractivity contribution is 5.99. The van der Waals surface area contributed by atoms with E-state index in [9.17, 15) is 0 Å². The first-order valence-corrected chi connectivity index (χ1v) is 8.27. The van der Waals surface area contributed by atoms with Gasteiger partial charge in [-0.05, 0) is 36.6 Å². The molecule has 4 aromatic rings. The molecule has 0 saturated heterocycles. The number of aryl methyl sites for hydroxylation is 3. The molecule has 0 spiro atoms. The molecule has 0 bridgehead atoms. The van der Waals surface area contributed by atoms with Crippen molar-refractivity contribution in [1.82, 2.24) is 4.98 Å². The van der Waals surface area contributed by atoms with Gasteiger partial charge in [-0.1, -0.05) is 37.3 Å². The third-order valence-electron chi connectivity index (χ3n) is 4.92. The monoisotopic (exact) mass is 299 g/mol. The average Bonchev–Trinajstić information content (AvgIpc) is 2.88. The molecule has 1 aliphatic rings. The van der Waals surface area contributed by atoms with E-state index in [1.54, 1.807) is 0 Å². The Kier molecular flexibility index (Phi) is 2.63. The van der Waals surface area contributed by atoms with E-state index in [0.29, 0.717) is 0 Å². The van der Waals surface area contributed by atoms with Gasteiger partial charge in [0, 0.05) is 28.3 Å². The minimum Gasteiger partial charge on any atom is -0.461 e. The van der Waals surface area contributed by atoms with Gasteiger partial charge < -0.3 is 4.42 Å². The van der Waals surface area contributed by atoms with Gasteiger partial charge in [-0.25, -0.2) is 4.98 Å². The minimum atomic E-state index is 0.940. The van der Waals surface area contributed by atoms with Crippen molar-refractivity contribution in [3.05, 3.63) is 65.4 Å². The summed E-state index contributed by atoms with van der Waals surface area (Å²) in [6, 6.07) is 17.0. The molecule has 5 rings (SSSR count). The Labute approximate surface area is 134 Å². The molecule has 2 aromatic carbocycles. The second kappa shape index (κ2) is 4.69. The summed E-state index contributed by atoms with van der Waals surface area (Å²) in [5.74, 6) is 1.13. The molecule has 2 aromatic heterocycles. The van der Waals surface area contributed by atoms with Gasteiger partial charge in [0.15, 0.2) is 0 Å². The lowest BCUT2D eigenvalue weighted by Gasteiger charge is -2.09. The van der Waals surface area contributed by atoms with E-state index >= 15 is 0 Å². The molecule has 0 fully saturated rings. The fraction of sp³-hybridized carbons (Fsp3) is 0.190. The first kappa shape index (κ1) is 12.9. The highest BCUT2D eigenvalue weighted by Gasteiger charge is 2.23. The molecule has 0 amide bonds. The van der Waals surface area contributed by atoms with Crippen LogP contribution in [0.1, 0.15) is 23.8 Å². The van der Waals surface area contributed by atoms with E-state index < -0.39 is 0 Å². The predicted molar refractivity (Wildman–Crippen MR) is 93.7 cm³/mol. The van der Waals surface area contributed by atoms with Crippen LogP contribution in [0, 0.1) is 0 Å². The largest absolute Gasteiger partial charge is 0.461 e. The Morgan fingerprint density at radius 3 is 2.87 bits per heavy atom. The summed E-state index contributed by atoms with van der Waals surface area (Å²) in [5.41, 5.74) is 7.12. The minimum absolute atomic E-state index is 0.940. The molecule has 2 heteroatoms.